The number of nitriles is 1. The van der Waals surface area contributed by atoms with Crippen LogP contribution in [-0.2, 0) is 4.79 Å². The fraction of sp³-hybridized carbons (Fsp3) is 0.480. The fourth-order valence-electron chi connectivity index (χ4n) is 5.23. The lowest BCUT2D eigenvalue weighted by Gasteiger charge is -2.29. The molecule has 2 heterocycles. The Morgan fingerprint density at radius 3 is 2.47 bits per heavy atom. The average Bonchev–Trinajstić information content (AvgIpc) is 3.25. The van der Waals surface area contributed by atoms with Gasteiger partial charge in [-0.1, -0.05) is 23.2 Å². The van der Waals surface area contributed by atoms with Gasteiger partial charge in [0.25, 0.3) is 0 Å². The zero-order valence-electron chi connectivity index (χ0n) is 20.4. The molecule has 1 aromatic carbocycles. The lowest BCUT2D eigenvalue weighted by molar-refractivity contribution is -0.122. The maximum Gasteiger partial charge on any atom is 0.248 e. The Morgan fingerprint density at radius 2 is 1.82 bits per heavy atom. The highest BCUT2D eigenvalue weighted by Crippen LogP contribution is 2.39. The Hall–Kier alpha value is -3.23. The summed E-state index contributed by atoms with van der Waals surface area (Å²) >= 11 is 12.7. The maximum atomic E-state index is 13.6. The zero-order chi connectivity index (χ0) is 27.0. The van der Waals surface area contributed by atoms with Gasteiger partial charge >= 0.3 is 0 Å². The van der Waals surface area contributed by atoms with E-state index in [0.717, 1.165) is 0 Å². The largest absolute Gasteiger partial charge is 0.369 e. The topological polar surface area (TPSA) is 135 Å². The SMILES string of the molecule is N#Cc1ccc(Nc2nc3cnc(NC4CCC(F)(F)CC4)nc3n2C2CCC(C(N)=O)CC2)c(Cl)c1Cl. The molecule has 5 rings (SSSR count). The highest BCUT2D eigenvalue weighted by molar-refractivity contribution is 6.44. The molecule has 0 saturated heterocycles. The lowest BCUT2D eigenvalue weighted by atomic mass is 9.85. The van der Waals surface area contributed by atoms with Crippen LogP contribution >= 0.6 is 23.2 Å². The molecule has 0 bridgehead atoms. The molecule has 2 fully saturated rings. The third kappa shape index (κ3) is 5.33. The van der Waals surface area contributed by atoms with Gasteiger partial charge < -0.3 is 16.4 Å². The van der Waals surface area contributed by atoms with Crippen LogP contribution in [0.25, 0.3) is 11.2 Å². The number of amides is 1. The van der Waals surface area contributed by atoms with E-state index in [1.807, 2.05) is 10.6 Å². The molecule has 0 unspecified atom stereocenters. The van der Waals surface area contributed by atoms with Crippen LogP contribution in [0.5, 0.6) is 0 Å². The van der Waals surface area contributed by atoms with Gasteiger partial charge in [0.15, 0.2) is 5.65 Å². The van der Waals surface area contributed by atoms with E-state index in [4.69, 9.17) is 38.9 Å². The fourth-order valence-corrected chi connectivity index (χ4v) is 5.65. The monoisotopic (exact) mass is 562 g/mol. The molecule has 2 aromatic heterocycles. The van der Waals surface area contributed by atoms with Gasteiger partial charge in [-0.05, 0) is 50.7 Å². The van der Waals surface area contributed by atoms with Crippen LogP contribution in [-0.4, -0.2) is 37.4 Å². The number of carbonyl (C=O) groups excluding carboxylic acids is 1. The molecule has 38 heavy (non-hydrogen) atoms. The number of hydrogen-bond donors (Lipinski definition) is 3. The average molecular weight is 563 g/mol. The number of rotatable bonds is 6. The molecule has 4 N–H and O–H groups in total. The molecule has 2 aliphatic carbocycles. The number of aromatic nitrogens is 4. The van der Waals surface area contributed by atoms with Gasteiger partial charge in [-0.2, -0.15) is 10.2 Å². The van der Waals surface area contributed by atoms with Crippen LogP contribution in [0.4, 0.5) is 26.4 Å². The first-order chi connectivity index (χ1) is 18.1. The minimum Gasteiger partial charge on any atom is -0.369 e. The maximum absolute atomic E-state index is 13.6. The number of nitrogens with one attached hydrogen (secondary N) is 2. The zero-order valence-corrected chi connectivity index (χ0v) is 21.9. The lowest BCUT2D eigenvalue weighted by Crippen LogP contribution is -2.32. The van der Waals surface area contributed by atoms with Gasteiger partial charge in [0, 0.05) is 30.8 Å². The van der Waals surface area contributed by atoms with E-state index in [1.54, 1.807) is 18.3 Å². The summed E-state index contributed by atoms with van der Waals surface area (Å²) in [5, 5.41) is 16.0. The second kappa shape index (κ2) is 10.5. The second-order valence-electron chi connectivity index (χ2n) is 9.92. The third-order valence-electron chi connectivity index (χ3n) is 7.40. The van der Waals surface area contributed by atoms with Gasteiger partial charge in [-0.3, -0.25) is 9.36 Å². The van der Waals surface area contributed by atoms with Crippen LogP contribution in [0.1, 0.15) is 63.0 Å². The van der Waals surface area contributed by atoms with Gasteiger partial charge in [0.1, 0.15) is 11.6 Å². The van der Waals surface area contributed by atoms with Gasteiger partial charge in [-0.15, -0.1) is 0 Å². The Morgan fingerprint density at radius 1 is 1.11 bits per heavy atom. The van der Waals surface area contributed by atoms with Crippen molar-refractivity contribution in [1.82, 2.24) is 19.5 Å². The van der Waals surface area contributed by atoms with Gasteiger partial charge in [0.05, 0.1) is 27.5 Å². The van der Waals surface area contributed by atoms with Gasteiger partial charge in [0.2, 0.25) is 23.7 Å². The molecule has 0 radical (unpaired) electrons. The van der Waals surface area contributed by atoms with E-state index in [9.17, 15) is 18.8 Å². The standard InChI is InChI=1S/C25H26Cl2F2N8O/c26-19-14(11-30)3-6-17(20(19)27)34-24-35-18-12-32-23(33-15-7-9-25(28,29)10-8-15)36-22(18)37(24)16-4-1-13(2-5-16)21(31)38/h3,6,12-13,15-16H,1-2,4-5,7-10H2,(H2,31,38)(H,34,35)(H,32,33,36). The van der Waals surface area contributed by atoms with E-state index >= 15 is 0 Å². The first-order valence-corrected chi connectivity index (χ1v) is 13.2. The van der Waals surface area contributed by atoms with Crippen LogP contribution in [0.15, 0.2) is 18.3 Å². The van der Waals surface area contributed by atoms with Crippen molar-refractivity contribution in [3.05, 3.63) is 33.9 Å². The Kier molecular flexibility index (Phi) is 7.29. The number of fused-ring (bicyclic) bond motifs is 1. The number of nitrogens with two attached hydrogens (primary N) is 1. The smallest absolute Gasteiger partial charge is 0.248 e. The summed E-state index contributed by atoms with van der Waals surface area (Å²) < 4.78 is 29.2. The van der Waals surface area contributed by atoms with Crippen molar-refractivity contribution in [2.24, 2.45) is 11.7 Å². The molecule has 9 nitrogen and oxygen atoms in total. The molecule has 13 heteroatoms. The molecular weight excluding hydrogens is 537 g/mol. The molecule has 1 amide bonds. The van der Waals surface area contributed by atoms with Crippen molar-refractivity contribution in [1.29, 1.82) is 5.26 Å². The number of halogens is 4. The first kappa shape index (κ1) is 26.4. The van der Waals surface area contributed by atoms with Crippen molar-refractivity contribution in [3.8, 4) is 6.07 Å². The molecule has 0 spiro atoms. The van der Waals surface area contributed by atoms with Crippen molar-refractivity contribution in [3.63, 3.8) is 0 Å². The minimum atomic E-state index is -2.62. The number of anilines is 3. The summed E-state index contributed by atoms with van der Waals surface area (Å²) in [6, 6.07) is 5.03. The number of imidazole rings is 1. The van der Waals surface area contributed by atoms with E-state index in [2.05, 4.69) is 15.6 Å². The Balaban J connectivity index is 1.49. The van der Waals surface area contributed by atoms with Gasteiger partial charge in [-0.25, -0.2) is 18.7 Å². The Bertz CT molecular complexity index is 1400. The summed E-state index contributed by atoms with van der Waals surface area (Å²) in [5.41, 5.74) is 7.34. The van der Waals surface area contributed by atoms with Crippen molar-refractivity contribution in [2.45, 2.75) is 69.4 Å². The molecule has 0 aliphatic heterocycles. The number of benzene rings is 1. The number of nitrogens with zero attached hydrogens (tertiary/aromatic N) is 5. The van der Waals surface area contributed by atoms with E-state index in [1.165, 1.54) is 0 Å². The van der Waals surface area contributed by atoms with Crippen LogP contribution in [0.3, 0.4) is 0 Å². The molecule has 2 saturated carbocycles. The number of hydrogen-bond acceptors (Lipinski definition) is 7. The van der Waals surface area contributed by atoms with Crippen molar-refractivity contribution >= 4 is 57.9 Å². The molecular formula is C25H26Cl2F2N8O. The summed E-state index contributed by atoms with van der Waals surface area (Å²) in [7, 11) is 0. The predicted molar refractivity (Wildman–Crippen MR) is 141 cm³/mol. The second-order valence-corrected chi connectivity index (χ2v) is 10.7. The predicted octanol–water partition coefficient (Wildman–Crippen LogP) is 5.95. The molecule has 2 aliphatic rings. The van der Waals surface area contributed by atoms with Crippen LogP contribution in [0.2, 0.25) is 10.0 Å². The van der Waals surface area contributed by atoms with Crippen LogP contribution in [0, 0.1) is 17.2 Å². The molecule has 3 aromatic rings. The van der Waals surface area contributed by atoms with E-state index in [0.29, 0.717) is 67.3 Å². The summed E-state index contributed by atoms with van der Waals surface area (Å²) in [4.78, 5) is 25.5. The first-order valence-electron chi connectivity index (χ1n) is 12.5. The highest BCUT2D eigenvalue weighted by atomic mass is 35.5. The number of alkyl halides is 2. The third-order valence-corrected chi connectivity index (χ3v) is 8.28. The quantitative estimate of drug-likeness (QED) is 0.337. The normalized spacial score (nSPS) is 21.7. The summed E-state index contributed by atoms with van der Waals surface area (Å²) in [6.07, 6.45) is 4.54. The Labute approximate surface area is 227 Å². The van der Waals surface area contributed by atoms with E-state index in [-0.39, 0.29) is 52.4 Å². The number of primary amides is 1. The minimum absolute atomic E-state index is 0.0400. The molecule has 200 valence electrons. The number of carbonyl (C=O) groups is 1. The van der Waals surface area contributed by atoms with E-state index < -0.39 is 5.92 Å². The van der Waals surface area contributed by atoms with Crippen molar-refractivity contribution in [2.75, 3.05) is 10.6 Å². The van der Waals surface area contributed by atoms with Crippen molar-refractivity contribution < 1.29 is 13.6 Å². The highest BCUT2D eigenvalue weighted by Gasteiger charge is 2.35. The summed E-state index contributed by atoms with van der Waals surface area (Å²) in [6.45, 7) is 0. The molecule has 0 atom stereocenters. The van der Waals surface area contributed by atoms with Crippen LogP contribution < -0.4 is 16.4 Å². The summed E-state index contributed by atoms with van der Waals surface area (Å²) in [5.74, 6) is -2.31.